The molecule has 0 atom stereocenters. The second-order valence-electron chi connectivity index (χ2n) is 6.68. The molecular weight excluding hydrogens is 466 g/mol. The molecule has 31 heavy (non-hydrogen) atoms. The number of benzene rings is 2. The number of nitrogens with zero attached hydrogens (tertiary/aromatic N) is 1. The van der Waals surface area contributed by atoms with Crippen molar-refractivity contribution in [1.82, 2.24) is 10.2 Å². The van der Waals surface area contributed by atoms with E-state index >= 15 is 0 Å². The quantitative estimate of drug-likeness (QED) is 0.436. The van der Waals surface area contributed by atoms with Crippen LogP contribution in [0, 0.1) is 0 Å². The predicted octanol–water partition coefficient (Wildman–Crippen LogP) is 3.78. The highest BCUT2D eigenvalue weighted by Gasteiger charge is 2.32. The molecule has 3 rings (SSSR count). The molecule has 9 heteroatoms. The summed E-state index contributed by atoms with van der Waals surface area (Å²) < 4.78 is 11.6. The average Bonchev–Trinajstić information content (AvgIpc) is 3.01. The van der Waals surface area contributed by atoms with Crippen LogP contribution in [0.4, 0.5) is 10.5 Å². The van der Waals surface area contributed by atoms with Crippen LogP contribution >= 0.6 is 15.9 Å². The van der Waals surface area contributed by atoms with Crippen LogP contribution in [0.25, 0.3) is 6.08 Å². The summed E-state index contributed by atoms with van der Waals surface area (Å²) >= 11 is 3.42. The Hall–Kier alpha value is -3.33. The number of para-hydroxylation sites is 1. The molecule has 0 radical (unpaired) electrons. The Kier molecular flexibility index (Phi) is 7.30. The van der Waals surface area contributed by atoms with E-state index in [-0.39, 0.29) is 24.1 Å². The molecule has 162 valence electrons. The number of anilines is 1. The van der Waals surface area contributed by atoms with Gasteiger partial charge in [-0.25, -0.2) is 4.79 Å². The van der Waals surface area contributed by atoms with Gasteiger partial charge in [0.2, 0.25) is 0 Å². The number of hydrogen-bond acceptors (Lipinski definition) is 5. The van der Waals surface area contributed by atoms with Crippen LogP contribution in [-0.2, 0) is 9.59 Å². The van der Waals surface area contributed by atoms with Gasteiger partial charge in [0.25, 0.3) is 11.8 Å². The van der Waals surface area contributed by atoms with Crippen LogP contribution < -0.4 is 20.1 Å². The van der Waals surface area contributed by atoms with Crippen molar-refractivity contribution in [2.75, 3.05) is 25.6 Å². The van der Waals surface area contributed by atoms with Gasteiger partial charge in [0.05, 0.1) is 11.6 Å². The summed E-state index contributed by atoms with van der Waals surface area (Å²) in [5.41, 5.74) is 1.47. The van der Waals surface area contributed by atoms with Gasteiger partial charge < -0.3 is 20.1 Å². The van der Waals surface area contributed by atoms with Crippen molar-refractivity contribution >= 4 is 45.5 Å². The second kappa shape index (κ2) is 10.1. The number of carbonyl (C=O) groups is 3. The Bertz CT molecular complexity index is 1020. The van der Waals surface area contributed by atoms with E-state index in [1.54, 1.807) is 30.3 Å². The molecule has 0 spiro atoms. The highest BCUT2D eigenvalue weighted by molar-refractivity contribution is 9.10. The number of nitrogens with one attached hydrogen (secondary N) is 2. The molecule has 1 heterocycles. The summed E-state index contributed by atoms with van der Waals surface area (Å²) in [5, 5.41) is 5.32. The summed E-state index contributed by atoms with van der Waals surface area (Å²) in [6.45, 7) is 2.03. The maximum absolute atomic E-state index is 12.4. The summed E-state index contributed by atoms with van der Waals surface area (Å²) in [6.07, 6.45) is 2.24. The molecule has 1 aliphatic heterocycles. The summed E-state index contributed by atoms with van der Waals surface area (Å²) in [6, 6.07) is 12.0. The van der Waals surface area contributed by atoms with Gasteiger partial charge >= 0.3 is 6.03 Å². The topological polar surface area (TPSA) is 97.0 Å². The first-order valence-electron chi connectivity index (χ1n) is 9.62. The maximum atomic E-state index is 12.4. The number of urea groups is 1. The van der Waals surface area contributed by atoms with Gasteiger partial charge in [0.15, 0.2) is 18.1 Å². The van der Waals surface area contributed by atoms with Crippen molar-refractivity contribution < 1.29 is 23.9 Å². The highest BCUT2D eigenvalue weighted by Crippen LogP contribution is 2.37. The van der Waals surface area contributed by atoms with Crippen molar-refractivity contribution in [3.05, 3.63) is 58.2 Å². The molecule has 2 N–H and O–H groups in total. The van der Waals surface area contributed by atoms with Crippen LogP contribution in [0.2, 0.25) is 0 Å². The zero-order valence-electron chi connectivity index (χ0n) is 17.1. The molecule has 1 saturated heterocycles. The molecule has 1 aliphatic rings. The van der Waals surface area contributed by atoms with E-state index in [0.717, 1.165) is 0 Å². The maximum Gasteiger partial charge on any atom is 0.329 e. The third-order valence-electron chi connectivity index (χ3n) is 4.38. The smallest absolute Gasteiger partial charge is 0.329 e. The minimum absolute atomic E-state index is 0.184. The Balaban J connectivity index is 1.74. The van der Waals surface area contributed by atoms with E-state index < -0.39 is 6.03 Å². The number of imide groups is 1. The molecule has 2 aromatic rings. The summed E-state index contributed by atoms with van der Waals surface area (Å²) in [4.78, 5) is 37.7. The Morgan fingerprint density at radius 2 is 1.97 bits per heavy atom. The van der Waals surface area contributed by atoms with Crippen LogP contribution in [0.15, 0.2) is 52.6 Å². The molecule has 0 unspecified atom stereocenters. The van der Waals surface area contributed by atoms with E-state index in [2.05, 4.69) is 26.6 Å². The van der Waals surface area contributed by atoms with Gasteiger partial charge in [0, 0.05) is 12.2 Å². The first-order valence-corrected chi connectivity index (χ1v) is 10.4. The minimum Gasteiger partial charge on any atom is -0.493 e. The van der Waals surface area contributed by atoms with Crippen molar-refractivity contribution in [2.24, 2.45) is 0 Å². The first-order chi connectivity index (χ1) is 14.9. The Morgan fingerprint density at radius 1 is 1.23 bits per heavy atom. The van der Waals surface area contributed by atoms with E-state index in [0.29, 0.717) is 40.2 Å². The predicted molar refractivity (Wildman–Crippen MR) is 120 cm³/mol. The number of ether oxygens (including phenoxy) is 2. The lowest BCUT2D eigenvalue weighted by atomic mass is 10.1. The highest BCUT2D eigenvalue weighted by atomic mass is 79.9. The van der Waals surface area contributed by atoms with Crippen LogP contribution in [0.5, 0.6) is 11.5 Å². The zero-order valence-corrected chi connectivity index (χ0v) is 18.7. The standard InChI is InChI=1S/C22H22BrN3O5/c1-3-9-26-21(28)17(25-22(26)29)11-14-10-16(23)20(18(12-14)30-2)31-13-19(27)24-15-7-5-4-6-8-15/h4-8,10-12H,3,9,13H2,1-2H3,(H,24,27)(H,25,29)/b17-11+. The number of amides is 4. The van der Waals surface area contributed by atoms with Gasteiger partial charge in [-0.15, -0.1) is 0 Å². The monoisotopic (exact) mass is 487 g/mol. The van der Waals surface area contributed by atoms with Crippen LogP contribution in [0.1, 0.15) is 18.9 Å². The molecule has 0 bridgehead atoms. The fourth-order valence-electron chi connectivity index (χ4n) is 2.98. The minimum atomic E-state index is -0.437. The number of halogens is 1. The zero-order chi connectivity index (χ0) is 22.4. The summed E-state index contributed by atoms with van der Waals surface area (Å²) in [5.74, 6) is 0.0275. The van der Waals surface area contributed by atoms with Crippen molar-refractivity contribution in [3.8, 4) is 11.5 Å². The molecule has 0 aliphatic carbocycles. The van der Waals surface area contributed by atoms with Gasteiger partial charge in [-0.05, 0) is 58.3 Å². The molecule has 2 aromatic carbocycles. The van der Waals surface area contributed by atoms with Crippen LogP contribution in [-0.4, -0.2) is 43.0 Å². The molecule has 0 saturated carbocycles. The van der Waals surface area contributed by atoms with E-state index in [1.807, 2.05) is 25.1 Å². The number of hydrogen-bond donors (Lipinski definition) is 2. The second-order valence-corrected chi connectivity index (χ2v) is 7.54. The molecule has 0 aromatic heterocycles. The number of methoxy groups -OCH3 is 1. The first kappa shape index (κ1) is 22.4. The fraction of sp³-hybridized carbons (Fsp3) is 0.227. The van der Waals surface area contributed by atoms with Crippen molar-refractivity contribution in [3.63, 3.8) is 0 Å². The van der Waals surface area contributed by atoms with Crippen LogP contribution in [0.3, 0.4) is 0 Å². The Labute approximate surface area is 188 Å². The van der Waals surface area contributed by atoms with Gasteiger partial charge in [-0.2, -0.15) is 0 Å². The third kappa shape index (κ3) is 5.43. The number of carbonyl (C=O) groups excluding carboxylic acids is 3. The van der Waals surface area contributed by atoms with E-state index in [4.69, 9.17) is 9.47 Å². The summed E-state index contributed by atoms with van der Waals surface area (Å²) in [7, 11) is 1.47. The average molecular weight is 488 g/mol. The SMILES string of the molecule is CCCN1C(=O)N/C(=C/c2cc(Br)c(OCC(=O)Nc3ccccc3)c(OC)c2)C1=O. The molecule has 1 fully saturated rings. The molecular formula is C22H22BrN3O5. The lowest BCUT2D eigenvalue weighted by Gasteiger charge is -2.14. The number of rotatable bonds is 8. The lowest BCUT2D eigenvalue weighted by molar-refractivity contribution is -0.123. The normalized spacial score (nSPS) is 14.5. The lowest BCUT2D eigenvalue weighted by Crippen LogP contribution is -2.31. The van der Waals surface area contributed by atoms with E-state index in [1.165, 1.54) is 12.0 Å². The van der Waals surface area contributed by atoms with Crippen molar-refractivity contribution in [2.45, 2.75) is 13.3 Å². The van der Waals surface area contributed by atoms with Crippen molar-refractivity contribution in [1.29, 1.82) is 0 Å². The fourth-order valence-corrected chi connectivity index (χ4v) is 3.56. The Morgan fingerprint density at radius 3 is 2.65 bits per heavy atom. The largest absolute Gasteiger partial charge is 0.493 e. The van der Waals surface area contributed by atoms with Gasteiger partial charge in [-0.1, -0.05) is 25.1 Å². The van der Waals surface area contributed by atoms with Gasteiger partial charge in [-0.3, -0.25) is 14.5 Å². The third-order valence-corrected chi connectivity index (χ3v) is 4.97. The van der Waals surface area contributed by atoms with E-state index in [9.17, 15) is 14.4 Å². The van der Waals surface area contributed by atoms with Gasteiger partial charge in [0.1, 0.15) is 5.70 Å². The molecule has 4 amide bonds. The molecule has 8 nitrogen and oxygen atoms in total.